The Labute approximate surface area is 192 Å². The Bertz CT molecular complexity index is 1330. The maximum atomic E-state index is 13.0. The second kappa shape index (κ2) is 8.50. The number of aromatic amines is 1. The number of aromatic nitrogens is 3. The van der Waals surface area contributed by atoms with Crippen LogP contribution in [0, 0.1) is 13.8 Å². The molecule has 166 valence electrons. The Morgan fingerprint density at radius 3 is 2.30 bits per heavy atom. The first-order valence-corrected chi connectivity index (χ1v) is 11.1. The van der Waals surface area contributed by atoms with Crippen LogP contribution in [0.2, 0.25) is 0 Å². The summed E-state index contributed by atoms with van der Waals surface area (Å²) in [6, 6.07) is 19.6. The quantitative estimate of drug-likeness (QED) is 0.387. The van der Waals surface area contributed by atoms with E-state index in [9.17, 15) is 9.59 Å². The molecular weight excluding hydrogens is 414 g/mol. The van der Waals surface area contributed by atoms with Crippen LogP contribution in [0.5, 0.6) is 0 Å². The van der Waals surface area contributed by atoms with Gasteiger partial charge in [-0.05, 0) is 37.6 Å². The van der Waals surface area contributed by atoms with E-state index in [0.29, 0.717) is 31.7 Å². The topological polar surface area (TPSA) is 82.2 Å². The van der Waals surface area contributed by atoms with Crippen LogP contribution in [0.1, 0.15) is 21.6 Å². The number of H-pyrrole nitrogens is 1. The van der Waals surface area contributed by atoms with Crippen LogP contribution < -0.4 is 4.90 Å². The molecule has 0 aliphatic carbocycles. The number of nitrogens with one attached hydrogen (secondary N) is 1. The molecular formula is C26H25N5O2. The van der Waals surface area contributed by atoms with Gasteiger partial charge in [0.1, 0.15) is 0 Å². The van der Waals surface area contributed by atoms with Gasteiger partial charge in [0.05, 0.1) is 11.3 Å². The number of aryl methyl sites for hydroxylation is 2. The molecule has 7 heteroatoms. The summed E-state index contributed by atoms with van der Waals surface area (Å²) in [5, 5.41) is 9.61. The van der Waals surface area contributed by atoms with Crippen LogP contribution in [0.3, 0.4) is 0 Å². The highest BCUT2D eigenvalue weighted by Gasteiger charge is 2.30. The zero-order valence-electron chi connectivity index (χ0n) is 18.7. The lowest BCUT2D eigenvalue weighted by Gasteiger charge is -2.34. The number of hydrogen-bond acceptors (Lipinski definition) is 5. The van der Waals surface area contributed by atoms with Gasteiger partial charge < -0.3 is 14.8 Å². The molecule has 0 saturated carbocycles. The molecule has 0 unspecified atom stereocenters. The van der Waals surface area contributed by atoms with Gasteiger partial charge in [-0.1, -0.05) is 42.5 Å². The fourth-order valence-corrected chi connectivity index (χ4v) is 4.46. The summed E-state index contributed by atoms with van der Waals surface area (Å²) >= 11 is 0. The molecule has 4 aromatic rings. The Kier molecular flexibility index (Phi) is 5.38. The van der Waals surface area contributed by atoms with E-state index in [1.54, 1.807) is 4.90 Å². The monoisotopic (exact) mass is 439 g/mol. The summed E-state index contributed by atoms with van der Waals surface area (Å²) in [4.78, 5) is 33.0. The number of hydrogen-bond donors (Lipinski definition) is 1. The summed E-state index contributed by atoms with van der Waals surface area (Å²) < 4.78 is 0. The molecule has 2 aromatic heterocycles. The molecule has 0 spiro atoms. The van der Waals surface area contributed by atoms with E-state index in [4.69, 9.17) is 0 Å². The third kappa shape index (κ3) is 3.86. The van der Waals surface area contributed by atoms with E-state index in [0.717, 1.165) is 39.2 Å². The van der Waals surface area contributed by atoms with Crippen molar-refractivity contribution in [1.82, 2.24) is 20.1 Å². The highest BCUT2D eigenvalue weighted by atomic mass is 16.2. The van der Waals surface area contributed by atoms with Crippen LogP contribution in [0.15, 0.2) is 60.7 Å². The Hall–Kier alpha value is -4.00. The van der Waals surface area contributed by atoms with Gasteiger partial charge in [-0.25, -0.2) is 0 Å². The number of carbonyl (C=O) groups excluding carboxylic acids is 2. The minimum absolute atomic E-state index is 0.455. The second-order valence-corrected chi connectivity index (χ2v) is 8.37. The van der Waals surface area contributed by atoms with Gasteiger partial charge in [0.15, 0.2) is 5.82 Å². The molecule has 1 amide bonds. The van der Waals surface area contributed by atoms with Gasteiger partial charge in [0.25, 0.3) is 11.7 Å². The number of piperazine rings is 1. The number of nitrogens with zero attached hydrogens (tertiary/aromatic N) is 4. The molecule has 1 saturated heterocycles. The van der Waals surface area contributed by atoms with E-state index < -0.39 is 11.7 Å². The molecule has 5 rings (SSSR count). The van der Waals surface area contributed by atoms with Crippen molar-refractivity contribution >= 4 is 28.4 Å². The van der Waals surface area contributed by atoms with Crippen molar-refractivity contribution < 1.29 is 9.59 Å². The third-order valence-corrected chi connectivity index (χ3v) is 6.28. The maximum Gasteiger partial charge on any atom is 0.295 e. The Morgan fingerprint density at radius 2 is 1.58 bits per heavy atom. The third-order valence-electron chi connectivity index (χ3n) is 6.28. The van der Waals surface area contributed by atoms with Gasteiger partial charge in [-0.3, -0.25) is 9.59 Å². The Balaban J connectivity index is 1.26. The zero-order valence-corrected chi connectivity index (χ0v) is 18.7. The van der Waals surface area contributed by atoms with E-state index >= 15 is 0 Å². The predicted octanol–water partition coefficient (Wildman–Crippen LogP) is 3.77. The minimum atomic E-state index is -0.458. The van der Waals surface area contributed by atoms with E-state index in [1.807, 2.05) is 61.5 Å². The van der Waals surface area contributed by atoms with Crippen molar-refractivity contribution in [2.24, 2.45) is 0 Å². The molecule has 0 atom stereocenters. The average Bonchev–Trinajstić information content (AvgIpc) is 3.19. The van der Waals surface area contributed by atoms with Crippen molar-refractivity contribution in [3.05, 3.63) is 77.5 Å². The minimum Gasteiger partial charge on any atom is -0.358 e. The summed E-state index contributed by atoms with van der Waals surface area (Å²) in [6.07, 6.45) is 0. The average molecular weight is 440 g/mol. The number of fused-ring (bicyclic) bond motifs is 1. The van der Waals surface area contributed by atoms with Gasteiger partial charge in [-0.2, -0.15) is 0 Å². The molecule has 3 heterocycles. The molecule has 33 heavy (non-hydrogen) atoms. The molecule has 2 aromatic carbocycles. The largest absolute Gasteiger partial charge is 0.358 e. The first kappa shape index (κ1) is 20.9. The van der Waals surface area contributed by atoms with E-state index in [-0.39, 0.29) is 0 Å². The number of ketones is 1. The number of anilines is 1. The second-order valence-electron chi connectivity index (χ2n) is 8.37. The predicted molar refractivity (Wildman–Crippen MR) is 128 cm³/mol. The molecule has 1 N–H and O–H groups in total. The molecule has 1 aliphatic rings. The first-order chi connectivity index (χ1) is 16.0. The molecule has 7 nitrogen and oxygen atoms in total. The SMILES string of the molecule is Cc1ccccc1-c1ccc(N2CCN(C(=O)C(=O)c3c(C)[nH]c4ccccc34)CC2)nn1. The van der Waals surface area contributed by atoms with E-state index in [2.05, 4.69) is 33.1 Å². The highest BCUT2D eigenvalue weighted by Crippen LogP contribution is 2.24. The lowest BCUT2D eigenvalue weighted by atomic mass is 10.1. The number of carbonyl (C=O) groups is 2. The Morgan fingerprint density at radius 1 is 0.848 bits per heavy atom. The fraction of sp³-hybridized carbons (Fsp3) is 0.231. The van der Waals surface area contributed by atoms with Crippen molar-refractivity contribution in [3.63, 3.8) is 0 Å². The van der Waals surface area contributed by atoms with Crippen LogP contribution in [-0.2, 0) is 4.79 Å². The summed E-state index contributed by atoms with van der Waals surface area (Å²) in [6.45, 7) is 6.02. The van der Waals surface area contributed by atoms with Crippen molar-refractivity contribution in [2.75, 3.05) is 31.1 Å². The zero-order chi connectivity index (χ0) is 22.9. The van der Waals surface area contributed by atoms with Gasteiger partial charge in [0, 0.05) is 48.3 Å². The highest BCUT2D eigenvalue weighted by molar-refractivity contribution is 6.45. The maximum absolute atomic E-state index is 13.0. The summed E-state index contributed by atoms with van der Waals surface area (Å²) in [5.74, 6) is -0.137. The van der Waals surface area contributed by atoms with Gasteiger partial charge in [-0.15, -0.1) is 10.2 Å². The van der Waals surface area contributed by atoms with Crippen LogP contribution in [0.25, 0.3) is 22.2 Å². The van der Waals surface area contributed by atoms with Gasteiger partial charge in [0.2, 0.25) is 0 Å². The molecule has 1 fully saturated rings. The first-order valence-electron chi connectivity index (χ1n) is 11.1. The molecule has 0 bridgehead atoms. The fourth-order valence-electron chi connectivity index (χ4n) is 4.46. The molecule has 1 aliphatic heterocycles. The number of amides is 1. The summed E-state index contributed by atoms with van der Waals surface area (Å²) in [5.41, 5.74) is 5.11. The number of Topliss-reactive ketones (excluding diaryl/α,β-unsaturated/α-hetero) is 1. The lowest BCUT2D eigenvalue weighted by molar-refractivity contribution is -0.126. The van der Waals surface area contributed by atoms with Crippen molar-refractivity contribution in [1.29, 1.82) is 0 Å². The van der Waals surface area contributed by atoms with Crippen molar-refractivity contribution in [3.8, 4) is 11.3 Å². The number of benzene rings is 2. The van der Waals surface area contributed by atoms with Crippen LogP contribution >= 0.6 is 0 Å². The van der Waals surface area contributed by atoms with Crippen LogP contribution in [0.4, 0.5) is 5.82 Å². The standard InChI is InChI=1S/C26H25N5O2/c1-17-7-3-4-8-19(17)22-11-12-23(29-28-22)30-13-15-31(16-14-30)26(33)25(32)24-18(2)27-21-10-6-5-9-20(21)24/h3-12,27H,13-16H2,1-2H3. The van der Waals surface area contributed by atoms with Crippen molar-refractivity contribution in [2.45, 2.75) is 13.8 Å². The van der Waals surface area contributed by atoms with Gasteiger partial charge >= 0.3 is 0 Å². The number of para-hydroxylation sites is 1. The van der Waals surface area contributed by atoms with E-state index in [1.165, 1.54) is 0 Å². The number of rotatable bonds is 4. The smallest absolute Gasteiger partial charge is 0.295 e. The summed E-state index contributed by atoms with van der Waals surface area (Å²) in [7, 11) is 0. The normalized spacial score (nSPS) is 14.0. The molecule has 0 radical (unpaired) electrons. The lowest BCUT2D eigenvalue weighted by Crippen LogP contribution is -2.51. The van der Waals surface area contributed by atoms with Crippen LogP contribution in [-0.4, -0.2) is 58.0 Å².